The molecule has 0 spiro atoms. The molecule has 3 saturated carbocycles. The van der Waals surface area contributed by atoms with Crippen molar-refractivity contribution in [1.29, 1.82) is 0 Å². The molecule has 4 aliphatic rings. The molecule has 7 atom stereocenters. The van der Waals surface area contributed by atoms with Crippen LogP contribution in [-0.4, -0.2) is 38.6 Å². The molecule has 0 aliphatic heterocycles. The van der Waals surface area contributed by atoms with Crippen LogP contribution < -0.4 is 5.32 Å². The lowest BCUT2D eigenvalue weighted by Gasteiger charge is -2.60. The number of ketones is 1. The van der Waals surface area contributed by atoms with Crippen LogP contribution in [0.5, 0.6) is 0 Å². The first-order chi connectivity index (χ1) is 16.2. The van der Waals surface area contributed by atoms with E-state index in [1.165, 1.54) is 16.9 Å². The van der Waals surface area contributed by atoms with Crippen LogP contribution in [0.1, 0.15) is 58.8 Å². The van der Waals surface area contributed by atoms with Crippen LogP contribution in [0.15, 0.2) is 35.9 Å². The number of aromatic nitrogens is 1. The summed E-state index contributed by atoms with van der Waals surface area (Å²) < 4.78 is 0.988. The van der Waals surface area contributed by atoms with E-state index in [2.05, 4.69) is 17.2 Å². The van der Waals surface area contributed by atoms with E-state index >= 15 is 0 Å². The van der Waals surface area contributed by atoms with Gasteiger partial charge in [-0.3, -0.25) is 14.9 Å². The maximum atomic E-state index is 13.5. The van der Waals surface area contributed by atoms with Crippen molar-refractivity contribution in [2.24, 2.45) is 28.6 Å². The van der Waals surface area contributed by atoms with Gasteiger partial charge in [0.2, 0.25) is 0 Å². The Hall–Kier alpha value is -2.09. The van der Waals surface area contributed by atoms with Gasteiger partial charge in [-0.1, -0.05) is 42.9 Å². The highest BCUT2D eigenvalue weighted by atomic mass is 32.1. The van der Waals surface area contributed by atoms with Gasteiger partial charge >= 0.3 is 0 Å². The molecule has 0 bridgehead atoms. The van der Waals surface area contributed by atoms with E-state index in [-0.39, 0.29) is 29.0 Å². The van der Waals surface area contributed by atoms with Crippen LogP contribution in [0, 0.1) is 28.6 Å². The lowest BCUT2D eigenvalue weighted by molar-refractivity contribution is -0.178. The van der Waals surface area contributed by atoms with Crippen LogP contribution in [0.4, 0.5) is 5.13 Å². The quantitative estimate of drug-likeness (QED) is 0.589. The predicted octanol–water partition coefficient (Wildman–Crippen LogP) is 4.47. The van der Waals surface area contributed by atoms with Crippen molar-refractivity contribution in [1.82, 2.24) is 4.98 Å². The Kier molecular flexibility index (Phi) is 4.91. The van der Waals surface area contributed by atoms with Gasteiger partial charge in [-0.15, -0.1) is 0 Å². The zero-order chi connectivity index (χ0) is 23.9. The summed E-state index contributed by atoms with van der Waals surface area (Å²) in [5, 5.41) is 26.8. The van der Waals surface area contributed by atoms with Gasteiger partial charge in [-0.05, 0) is 79.9 Å². The second-order valence-electron chi connectivity index (χ2n) is 11.4. The smallest absolute Gasteiger partial charge is 0.258 e. The third-order valence-corrected chi connectivity index (χ3v) is 10.9. The number of carbonyl (C=O) groups excluding carboxylic acids is 2. The monoisotopic (exact) mass is 480 g/mol. The molecule has 3 N–H and O–H groups in total. The second-order valence-corrected chi connectivity index (χ2v) is 12.4. The number of anilines is 1. The zero-order valence-corrected chi connectivity index (χ0v) is 20.5. The van der Waals surface area contributed by atoms with Gasteiger partial charge in [0.05, 0.1) is 16.3 Å². The minimum Gasteiger partial charge on any atom is -0.393 e. The Morgan fingerprint density at radius 1 is 1.18 bits per heavy atom. The molecule has 3 fully saturated rings. The standard InChI is InChI=1S/C27H32N2O4S/c1-25-11-9-16(30)13-15(25)7-8-17-18-10-12-27(33,26(18,2)14-20(31)22(17)25)23(32)29-24-28-19-5-3-4-6-21(19)34-24/h3-6,13,17-18,20,22,31,33H,7-12,14H2,1-2H3,(H,28,29,32)/t17?,18?,20-,22?,25?,26?,27-/m0/s1. The van der Waals surface area contributed by atoms with Gasteiger partial charge < -0.3 is 10.2 Å². The summed E-state index contributed by atoms with van der Waals surface area (Å²) in [5.74, 6) is 0.237. The number of hydrogen-bond acceptors (Lipinski definition) is 6. The highest BCUT2D eigenvalue weighted by Crippen LogP contribution is 2.67. The fraction of sp³-hybridized carbons (Fsp3) is 0.593. The molecule has 2 aromatic rings. The summed E-state index contributed by atoms with van der Waals surface area (Å²) in [6.45, 7) is 4.22. The number of rotatable bonds is 2. The molecule has 4 aliphatic carbocycles. The van der Waals surface area contributed by atoms with Crippen molar-refractivity contribution in [3.8, 4) is 0 Å². The fourth-order valence-corrected chi connectivity index (χ4v) is 9.05. The normalized spacial score (nSPS) is 41.4. The molecule has 1 heterocycles. The van der Waals surface area contributed by atoms with E-state index in [9.17, 15) is 19.8 Å². The van der Waals surface area contributed by atoms with Gasteiger partial charge in [0.25, 0.3) is 5.91 Å². The molecule has 1 aromatic heterocycles. The van der Waals surface area contributed by atoms with Gasteiger partial charge in [-0.2, -0.15) is 0 Å². The Balaban J connectivity index is 1.30. The molecular formula is C27H32N2O4S. The number of aliphatic hydroxyl groups is 2. The van der Waals surface area contributed by atoms with E-state index in [1.807, 2.05) is 37.3 Å². The molecule has 1 aromatic carbocycles. The molecule has 5 unspecified atom stereocenters. The minimum absolute atomic E-state index is 0.0633. The molecule has 6 nitrogen and oxygen atoms in total. The summed E-state index contributed by atoms with van der Waals surface area (Å²) in [5.41, 5.74) is -0.431. The third kappa shape index (κ3) is 2.96. The number of nitrogens with zero attached hydrogens (tertiary/aromatic N) is 1. The molecule has 180 valence electrons. The zero-order valence-electron chi connectivity index (χ0n) is 19.7. The summed E-state index contributed by atoms with van der Waals surface area (Å²) in [4.78, 5) is 30.1. The number of benzene rings is 1. The molecular weight excluding hydrogens is 448 g/mol. The average Bonchev–Trinajstić information content (AvgIpc) is 3.32. The van der Waals surface area contributed by atoms with Crippen molar-refractivity contribution >= 4 is 38.4 Å². The molecule has 6 rings (SSSR count). The number of amides is 1. The van der Waals surface area contributed by atoms with Gasteiger partial charge in [0, 0.05) is 11.8 Å². The van der Waals surface area contributed by atoms with Crippen molar-refractivity contribution < 1.29 is 19.8 Å². The number of hydrogen-bond donors (Lipinski definition) is 3. The summed E-state index contributed by atoms with van der Waals surface area (Å²) in [6, 6.07) is 7.73. The van der Waals surface area contributed by atoms with Crippen LogP contribution in [-0.2, 0) is 9.59 Å². The van der Waals surface area contributed by atoms with E-state index in [4.69, 9.17) is 0 Å². The van der Waals surface area contributed by atoms with Crippen molar-refractivity contribution in [2.75, 3.05) is 5.32 Å². The van der Waals surface area contributed by atoms with Crippen molar-refractivity contribution in [2.45, 2.75) is 70.5 Å². The second kappa shape index (κ2) is 7.45. The van der Waals surface area contributed by atoms with Gasteiger partial charge in [-0.25, -0.2) is 4.98 Å². The fourth-order valence-electron chi connectivity index (χ4n) is 8.19. The van der Waals surface area contributed by atoms with Crippen molar-refractivity contribution in [3.05, 3.63) is 35.9 Å². The highest BCUT2D eigenvalue weighted by Gasteiger charge is 2.68. The lowest BCUT2D eigenvalue weighted by Crippen LogP contribution is -2.62. The Morgan fingerprint density at radius 2 is 1.97 bits per heavy atom. The Morgan fingerprint density at radius 3 is 2.76 bits per heavy atom. The summed E-state index contributed by atoms with van der Waals surface area (Å²) in [6.07, 6.45) is 5.82. The number of para-hydroxylation sites is 1. The number of nitrogens with one attached hydrogen (secondary N) is 1. The van der Waals surface area contributed by atoms with E-state index in [0.29, 0.717) is 24.4 Å². The molecule has 34 heavy (non-hydrogen) atoms. The van der Waals surface area contributed by atoms with E-state index < -0.39 is 23.0 Å². The third-order valence-electron chi connectivity index (χ3n) is 9.94. The topological polar surface area (TPSA) is 99.5 Å². The highest BCUT2D eigenvalue weighted by molar-refractivity contribution is 7.22. The Bertz CT molecular complexity index is 1190. The van der Waals surface area contributed by atoms with Gasteiger partial charge in [0.1, 0.15) is 5.60 Å². The number of aliphatic hydroxyl groups excluding tert-OH is 1. The van der Waals surface area contributed by atoms with Gasteiger partial charge in [0.15, 0.2) is 10.9 Å². The SMILES string of the molecule is CC12CCC(=O)C=C1CCC1C2[C@@H](O)CC2(C)C1CC[C@]2(O)C(=O)Nc1nc2ccccc2s1. The summed E-state index contributed by atoms with van der Waals surface area (Å²) in [7, 11) is 0. The van der Waals surface area contributed by atoms with Crippen LogP contribution in [0.3, 0.4) is 0 Å². The average molecular weight is 481 g/mol. The largest absolute Gasteiger partial charge is 0.393 e. The van der Waals surface area contributed by atoms with E-state index in [1.54, 1.807) is 0 Å². The summed E-state index contributed by atoms with van der Waals surface area (Å²) >= 11 is 1.40. The minimum atomic E-state index is -1.55. The first kappa shape index (κ1) is 22.4. The van der Waals surface area contributed by atoms with Crippen LogP contribution in [0.2, 0.25) is 0 Å². The van der Waals surface area contributed by atoms with Crippen LogP contribution >= 0.6 is 11.3 Å². The number of allylic oxidation sites excluding steroid dienone is 1. The molecule has 0 radical (unpaired) electrons. The molecule has 0 saturated heterocycles. The number of fused-ring (bicyclic) bond motifs is 6. The van der Waals surface area contributed by atoms with Crippen molar-refractivity contribution in [3.63, 3.8) is 0 Å². The Labute approximate surface area is 203 Å². The van der Waals surface area contributed by atoms with Crippen LogP contribution in [0.25, 0.3) is 10.2 Å². The number of thiazole rings is 1. The lowest BCUT2D eigenvalue weighted by atomic mass is 9.45. The maximum Gasteiger partial charge on any atom is 0.258 e. The molecule has 1 amide bonds. The molecule has 7 heteroatoms. The number of carbonyl (C=O) groups is 2. The first-order valence-corrected chi connectivity index (χ1v) is 13.3. The maximum absolute atomic E-state index is 13.5. The van der Waals surface area contributed by atoms with E-state index in [0.717, 1.165) is 35.9 Å². The first-order valence-electron chi connectivity index (χ1n) is 12.5. The predicted molar refractivity (Wildman–Crippen MR) is 131 cm³/mol.